The molecule has 0 fully saturated rings. The topological polar surface area (TPSA) is 51.5 Å². The molecular formula is C6H7NO3. The summed E-state index contributed by atoms with van der Waals surface area (Å²) >= 11 is 0. The maximum Gasteiger partial charge on any atom is 0.512 e. The molecule has 4 nitrogen and oxygen atoms in total. The zero-order valence-electron chi connectivity index (χ0n) is 5.44. The van der Waals surface area contributed by atoms with Crippen LogP contribution in [0.1, 0.15) is 0 Å². The van der Waals surface area contributed by atoms with Crippen molar-refractivity contribution >= 4 is 6.16 Å². The van der Waals surface area contributed by atoms with Gasteiger partial charge in [-0.25, -0.2) is 4.79 Å². The Morgan fingerprint density at radius 1 is 1.80 bits per heavy atom. The first-order valence-corrected chi connectivity index (χ1v) is 2.72. The Hall–Kier alpha value is -1.45. The highest BCUT2D eigenvalue weighted by atomic mass is 16.7. The van der Waals surface area contributed by atoms with Gasteiger partial charge in [-0.15, -0.1) is 0 Å². The average molecular weight is 141 g/mol. The lowest BCUT2D eigenvalue weighted by Gasteiger charge is -1.98. The van der Waals surface area contributed by atoms with Crippen molar-refractivity contribution in [2.75, 3.05) is 0 Å². The van der Waals surface area contributed by atoms with E-state index in [0.717, 1.165) is 0 Å². The second-order valence-corrected chi connectivity index (χ2v) is 1.83. The van der Waals surface area contributed by atoms with Crippen molar-refractivity contribution in [1.29, 1.82) is 0 Å². The van der Waals surface area contributed by atoms with Crippen molar-refractivity contribution in [1.82, 2.24) is 4.57 Å². The molecule has 0 saturated heterocycles. The average Bonchev–Trinajstić information content (AvgIpc) is 2.15. The third kappa shape index (κ3) is 1.28. The third-order valence-electron chi connectivity index (χ3n) is 1.09. The van der Waals surface area contributed by atoms with Crippen molar-refractivity contribution in [2.24, 2.45) is 7.05 Å². The van der Waals surface area contributed by atoms with E-state index in [0.29, 0.717) is 5.88 Å². The van der Waals surface area contributed by atoms with E-state index >= 15 is 0 Å². The van der Waals surface area contributed by atoms with E-state index in [2.05, 4.69) is 4.74 Å². The fraction of sp³-hybridized carbons (Fsp3) is 0.167. The molecule has 0 unspecified atom stereocenters. The molecule has 1 rings (SSSR count). The Balaban J connectivity index is 2.74. The van der Waals surface area contributed by atoms with E-state index in [9.17, 15) is 4.79 Å². The fourth-order valence-corrected chi connectivity index (χ4v) is 0.641. The minimum Gasteiger partial charge on any atom is -0.449 e. The summed E-state index contributed by atoms with van der Waals surface area (Å²) in [6.45, 7) is 0. The largest absolute Gasteiger partial charge is 0.512 e. The predicted molar refractivity (Wildman–Crippen MR) is 34.1 cm³/mol. The highest BCUT2D eigenvalue weighted by molar-refractivity contribution is 5.60. The van der Waals surface area contributed by atoms with E-state index < -0.39 is 6.16 Å². The van der Waals surface area contributed by atoms with E-state index in [4.69, 9.17) is 5.11 Å². The first-order valence-electron chi connectivity index (χ1n) is 2.72. The molecule has 0 aliphatic carbocycles. The molecule has 1 N–H and O–H groups in total. The van der Waals surface area contributed by atoms with Crippen LogP contribution in [0.4, 0.5) is 4.79 Å². The predicted octanol–water partition coefficient (Wildman–Crippen LogP) is 1.08. The number of hydrogen-bond donors (Lipinski definition) is 1. The van der Waals surface area contributed by atoms with Crippen LogP contribution in [0.5, 0.6) is 5.88 Å². The molecule has 0 aliphatic heterocycles. The maximum absolute atomic E-state index is 9.98. The van der Waals surface area contributed by atoms with Gasteiger partial charge in [-0.3, -0.25) is 0 Å². The number of carbonyl (C=O) groups is 1. The minimum atomic E-state index is -1.29. The van der Waals surface area contributed by atoms with Crippen LogP contribution in [0.25, 0.3) is 0 Å². The zero-order chi connectivity index (χ0) is 7.56. The van der Waals surface area contributed by atoms with Crippen molar-refractivity contribution < 1.29 is 14.6 Å². The maximum atomic E-state index is 9.98. The Kier molecular flexibility index (Phi) is 1.62. The number of nitrogens with zero attached hydrogens (tertiary/aromatic N) is 1. The number of ether oxygens (including phenoxy) is 1. The summed E-state index contributed by atoms with van der Waals surface area (Å²) in [5.41, 5.74) is 0. The molecule has 0 spiro atoms. The molecule has 54 valence electrons. The standard InChI is InChI=1S/C6H7NO3/c1-7-4-2-3-5(7)10-6(8)9/h2-4H,1H3,(H,8,9). The summed E-state index contributed by atoms with van der Waals surface area (Å²) in [6.07, 6.45) is 0.417. The summed E-state index contributed by atoms with van der Waals surface area (Å²) in [5.74, 6) is 0.326. The van der Waals surface area contributed by atoms with E-state index in [-0.39, 0.29) is 0 Å². The molecule has 0 aliphatic rings. The number of aryl methyl sites for hydroxylation is 1. The highest BCUT2D eigenvalue weighted by Crippen LogP contribution is 2.08. The van der Waals surface area contributed by atoms with Crippen LogP contribution in [0, 0.1) is 0 Å². The quantitative estimate of drug-likeness (QED) is 0.595. The Morgan fingerprint density at radius 3 is 2.90 bits per heavy atom. The molecule has 0 bridgehead atoms. The molecule has 1 aromatic rings. The number of carboxylic acid groups (broad SMARTS) is 1. The molecule has 0 aromatic carbocycles. The second kappa shape index (κ2) is 2.43. The normalized spacial score (nSPS) is 9.30. The summed E-state index contributed by atoms with van der Waals surface area (Å²) in [6, 6.07) is 3.28. The SMILES string of the molecule is Cn1cccc1OC(=O)O. The molecule has 1 aromatic heterocycles. The first-order chi connectivity index (χ1) is 4.70. The van der Waals surface area contributed by atoms with Gasteiger partial charge in [-0.1, -0.05) is 0 Å². The smallest absolute Gasteiger partial charge is 0.449 e. The van der Waals surface area contributed by atoms with Crippen LogP contribution < -0.4 is 4.74 Å². The van der Waals surface area contributed by atoms with Gasteiger partial charge in [0.15, 0.2) is 0 Å². The third-order valence-corrected chi connectivity index (χ3v) is 1.09. The van der Waals surface area contributed by atoms with Gasteiger partial charge in [0, 0.05) is 19.3 Å². The van der Waals surface area contributed by atoms with Crippen molar-refractivity contribution in [3.8, 4) is 5.88 Å². The molecule has 4 heteroatoms. The molecular weight excluding hydrogens is 134 g/mol. The van der Waals surface area contributed by atoms with Gasteiger partial charge < -0.3 is 14.4 Å². The van der Waals surface area contributed by atoms with Crippen LogP contribution in [0.15, 0.2) is 18.3 Å². The summed E-state index contributed by atoms with van der Waals surface area (Å²) in [7, 11) is 1.71. The lowest BCUT2D eigenvalue weighted by Crippen LogP contribution is -2.05. The molecule has 10 heavy (non-hydrogen) atoms. The Labute approximate surface area is 57.6 Å². The molecule has 0 radical (unpaired) electrons. The van der Waals surface area contributed by atoms with Crippen LogP contribution in [-0.4, -0.2) is 15.8 Å². The zero-order valence-corrected chi connectivity index (χ0v) is 5.44. The van der Waals surface area contributed by atoms with Gasteiger partial charge >= 0.3 is 6.16 Å². The van der Waals surface area contributed by atoms with Crippen LogP contribution in [-0.2, 0) is 7.05 Å². The van der Waals surface area contributed by atoms with E-state index in [1.165, 1.54) is 0 Å². The first kappa shape index (κ1) is 6.67. The van der Waals surface area contributed by atoms with Gasteiger partial charge in [0.25, 0.3) is 0 Å². The second-order valence-electron chi connectivity index (χ2n) is 1.83. The molecule has 0 saturated carbocycles. The lowest BCUT2D eigenvalue weighted by atomic mass is 10.6. The lowest BCUT2D eigenvalue weighted by molar-refractivity contribution is 0.141. The van der Waals surface area contributed by atoms with Gasteiger partial charge in [-0.2, -0.15) is 0 Å². The highest BCUT2D eigenvalue weighted by Gasteiger charge is 2.01. The number of aromatic nitrogens is 1. The fourth-order valence-electron chi connectivity index (χ4n) is 0.641. The van der Waals surface area contributed by atoms with Gasteiger partial charge in [0.05, 0.1) is 0 Å². The van der Waals surface area contributed by atoms with Crippen LogP contribution in [0.2, 0.25) is 0 Å². The molecule has 1 heterocycles. The molecule has 0 atom stereocenters. The summed E-state index contributed by atoms with van der Waals surface area (Å²) in [5, 5.41) is 8.17. The van der Waals surface area contributed by atoms with Gasteiger partial charge in [0.2, 0.25) is 5.88 Å². The molecule has 0 amide bonds. The number of rotatable bonds is 1. The Bertz CT molecular complexity index is 241. The van der Waals surface area contributed by atoms with Gasteiger partial charge in [-0.05, 0) is 6.07 Å². The van der Waals surface area contributed by atoms with Crippen LogP contribution >= 0.6 is 0 Å². The van der Waals surface area contributed by atoms with Crippen molar-refractivity contribution in [3.05, 3.63) is 18.3 Å². The van der Waals surface area contributed by atoms with Crippen molar-refractivity contribution in [3.63, 3.8) is 0 Å². The van der Waals surface area contributed by atoms with Gasteiger partial charge in [0.1, 0.15) is 0 Å². The van der Waals surface area contributed by atoms with E-state index in [1.807, 2.05) is 0 Å². The van der Waals surface area contributed by atoms with E-state index in [1.54, 1.807) is 29.9 Å². The Morgan fingerprint density at radius 2 is 2.50 bits per heavy atom. The van der Waals surface area contributed by atoms with Crippen LogP contribution in [0.3, 0.4) is 0 Å². The summed E-state index contributed by atoms with van der Waals surface area (Å²) < 4.78 is 5.94. The summed E-state index contributed by atoms with van der Waals surface area (Å²) in [4.78, 5) is 9.98. The minimum absolute atomic E-state index is 0.326. The number of hydrogen-bond acceptors (Lipinski definition) is 2. The monoisotopic (exact) mass is 141 g/mol. The van der Waals surface area contributed by atoms with Crippen molar-refractivity contribution in [2.45, 2.75) is 0 Å².